The predicted octanol–water partition coefficient (Wildman–Crippen LogP) is 4.89. The van der Waals surface area contributed by atoms with Crippen molar-refractivity contribution in [3.63, 3.8) is 0 Å². The number of benzene rings is 2. The highest BCUT2D eigenvalue weighted by atomic mass is 32.1. The highest BCUT2D eigenvalue weighted by Gasteiger charge is 2.51. The molecule has 2 aliphatic rings. The number of nitriles is 1. The van der Waals surface area contributed by atoms with Crippen LogP contribution in [0, 0.1) is 17.1 Å². The van der Waals surface area contributed by atoms with Crippen LogP contribution in [0.4, 0.5) is 28.9 Å². The highest BCUT2D eigenvalue weighted by Crippen LogP contribution is 2.40. The molecule has 1 N–H and O–H groups in total. The number of nitrogens with zero attached hydrogens (tertiary/aromatic N) is 3. The first-order valence-electron chi connectivity index (χ1n) is 9.53. The van der Waals surface area contributed by atoms with Gasteiger partial charge in [0, 0.05) is 5.69 Å². The molecule has 0 atom stereocenters. The van der Waals surface area contributed by atoms with Crippen LogP contribution in [0.25, 0.3) is 5.76 Å². The average Bonchev–Trinajstić information content (AvgIpc) is 3.55. The Kier molecular flexibility index (Phi) is 5.09. The lowest BCUT2D eigenvalue weighted by atomic mass is 10.0. The molecule has 2 aromatic carbocycles. The number of epoxide rings is 1. The third-order valence-corrected chi connectivity index (χ3v) is 5.74. The van der Waals surface area contributed by atoms with Crippen LogP contribution in [0.2, 0.25) is 0 Å². The summed E-state index contributed by atoms with van der Waals surface area (Å²) in [6.07, 6.45) is -4.82. The van der Waals surface area contributed by atoms with Gasteiger partial charge >= 0.3 is 6.18 Å². The standard InChI is InChI=1S/C22H15F4N3O3S/c1-21(2)19(31)28(12-4-3-11(9-27)15(7-12)22(24,25)26)20(33)29(21)13-5-6-14(16(23)8-13)18(30)17-10-32-17/h3-8,30H,10H2,1-2H3/b18-17+. The largest absolute Gasteiger partial charge is 0.504 e. The quantitative estimate of drug-likeness (QED) is 0.294. The molecule has 0 unspecified atom stereocenters. The van der Waals surface area contributed by atoms with Gasteiger partial charge in [0.05, 0.1) is 28.4 Å². The molecule has 4 rings (SSSR count). The van der Waals surface area contributed by atoms with E-state index in [-0.39, 0.29) is 40.2 Å². The van der Waals surface area contributed by atoms with E-state index >= 15 is 0 Å². The minimum absolute atomic E-state index is 0.0979. The Labute approximate surface area is 190 Å². The van der Waals surface area contributed by atoms with Crippen molar-refractivity contribution < 1.29 is 32.2 Å². The zero-order chi connectivity index (χ0) is 24.3. The monoisotopic (exact) mass is 477 g/mol. The van der Waals surface area contributed by atoms with Gasteiger partial charge in [-0.05, 0) is 62.5 Å². The molecule has 2 aliphatic heterocycles. The maximum Gasteiger partial charge on any atom is 0.417 e. The van der Waals surface area contributed by atoms with Crippen LogP contribution in [0.1, 0.15) is 30.5 Å². The van der Waals surface area contributed by atoms with Crippen molar-refractivity contribution in [2.75, 3.05) is 16.4 Å². The molecule has 11 heteroatoms. The van der Waals surface area contributed by atoms with Gasteiger partial charge in [0.15, 0.2) is 16.6 Å². The second-order valence-corrected chi connectivity index (χ2v) is 8.25. The molecule has 170 valence electrons. The topological polar surface area (TPSA) is 80.1 Å². The van der Waals surface area contributed by atoms with E-state index in [4.69, 9.17) is 22.2 Å². The fourth-order valence-electron chi connectivity index (χ4n) is 3.62. The first kappa shape index (κ1) is 22.5. The molecule has 0 aromatic heterocycles. The minimum atomic E-state index is -4.82. The third-order valence-electron chi connectivity index (χ3n) is 5.37. The molecule has 2 fully saturated rings. The molecule has 0 spiro atoms. The van der Waals surface area contributed by atoms with Crippen molar-refractivity contribution in [1.82, 2.24) is 0 Å². The van der Waals surface area contributed by atoms with E-state index in [0.717, 1.165) is 17.0 Å². The summed E-state index contributed by atoms with van der Waals surface area (Å²) in [5, 5.41) is 18.9. The van der Waals surface area contributed by atoms with E-state index < -0.39 is 34.6 Å². The van der Waals surface area contributed by atoms with Gasteiger partial charge in [-0.25, -0.2) is 4.39 Å². The van der Waals surface area contributed by atoms with Crippen molar-refractivity contribution in [1.29, 1.82) is 5.26 Å². The molecule has 1 amide bonds. The van der Waals surface area contributed by atoms with Gasteiger partial charge in [-0.1, -0.05) is 0 Å². The number of aliphatic hydroxyl groups is 1. The van der Waals surface area contributed by atoms with Gasteiger partial charge in [0.1, 0.15) is 18.0 Å². The summed E-state index contributed by atoms with van der Waals surface area (Å²) in [5.41, 5.74) is -3.25. The Morgan fingerprint density at radius 3 is 2.39 bits per heavy atom. The van der Waals surface area contributed by atoms with Gasteiger partial charge in [0.25, 0.3) is 5.91 Å². The van der Waals surface area contributed by atoms with E-state index in [9.17, 15) is 27.5 Å². The van der Waals surface area contributed by atoms with Crippen molar-refractivity contribution >= 4 is 40.4 Å². The first-order chi connectivity index (χ1) is 15.4. The SMILES string of the molecule is CC1(C)C(=O)N(c2ccc(C#N)c(C(F)(F)F)c2)C(=S)N1c1ccc(/C(O)=C2/CO2)c(F)c1. The zero-order valence-corrected chi connectivity index (χ0v) is 18.0. The van der Waals surface area contributed by atoms with Crippen LogP contribution in [-0.4, -0.2) is 28.3 Å². The van der Waals surface area contributed by atoms with Crippen molar-refractivity contribution in [2.45, 2.75) is 25.6 Å². The van der Waals surface area contributed by atoms with E-state index in [1.54, 1.807) is 0 Å². The average molecular weight is 477 g/mol. The van der Waals surface area contributed by atoms with E-state index in [2.05, 4.69) is 0 Å². The van der Waals surface area contributed by atoms with Crippen LogP contribution < -0.4 is 9.80 Å². The van der Waals surface area contributed by atoms with Crippen LogP contribution >= 0.6 is 12.2 Å². The molecule has 0 aliphatic carbocycles. The molecule has 0 radical (unpaired) electrons. The Balaban J connectivity index is 1.77. The Bertz CT molecular complexity index is 1270. The summed E-state index contributed by atoms with van der Waals surface area (Å²) in [6.45, 7) is 3.20. The number of halogens is 4. The maximum atomic E-state index is 14.7. The summed E-state index contributed by atoms with van der Waals surface area (Å²) in [5.74, 6) is -1.51. The van der Waals surface area contributed by atoms with Crippen LogP contribution in [-0.2, 0) is 15.7 Å². The van der Waals surface area contributed by atoms with Crippen LogP contribution in [0.15, 0.2) is 42.2 Å². The summed E-state index contributed by atoms with van der Waals surface area (Å²) in [7, 11) is 0. The van der Waals surface area contributed by atoms with Gasteiger partial charge in [-0.3, -0.25) is 9.69 Å². The predicted molar refractivity (Wildman–Crippen MR) is 115 cm³/mol. The smallest absolute Gasteiger partial charge is 0.417 e. The number of hydrogen-bond acceptors (Lipinski definition) is 5. The number of aliphatic hydroxyl groups excluding tert-OH is 1. The number of rotatable bonds is 3. The molecule has 2 aromatic rings. The van der Waals surface area contributed by atoms with E-state index in [0.29, 0.717) is 6.07 Å². The van der Waals surface area contributed by atoms with E-state index in [1.165, 1.54) is 43.0 Å². The van der Waals surface area contributed by atoms with Crippen molar-refractivity contribution in [3.05, 3.63) is 64.7 Å². The number of hydrogen-bond donors (Lipinski definition) is 1. The highest BCUT2D eigenvalue weighted by molar-refractivity contribution is 7.81. The van der Waals surface area contributed by atoms with Gasteiger partial charge in [-0.2, -0.15) is 18.4 Å². The number of carbonyl (C=O) groups is 1. The fourth-order valence-corrected chi connectivity index (χ4v) is 4.14. The molecule has 33 heavy (non-hydrogen) atoms. The van der Waals surface area contributed by atoms with Crippen LogP contribution in [0.3, 0.4) is 0 Å². The molecule has 0 saturated carbocycles. The second kappa shape index (κ2) is 7.45. The Morgan fingerprint density at radius 2 is 1.85 bits per heavy atom. The Hall–Kier alpha value is -3.65. The van der Waals surface area contributed by atoms with Crippen molar-refractivity contribution in [3.8, 4) is 6.07 Å². The maximum absolute atomic E-state index is 14.7. The summed E-state index contributed by atoms with van der Waals surface area (Å²) in [4.78, 5) is 15.4. The number of anilines is 2. The normalized spacial score (nSPS) is 18.8. The summed E-state index contributed by atoms with van der Waals surface area (Å²) in [6, 6.07) is 8.13. The molecule has 0 bridgehead atoms. The Morgan fingerprint density at radius 1 is 1.21 bits per heavy atom. The van der Waals surface area contributed by atoms with Gasteiger partial charge in [-0.15, -0.1) is 0 Å². The summed E-state index contributed by atoms with van der Waals surface area (Å²) < 4.78 is 59.9. The molecular formula is C22H15F4N3O3S. The van der Waals surface area contributed by atoms with Crippen LogP contribution in [0.5, 0.6) is 0 Å². The second-order valence-electron chi connectivity index (χ2n) is 7.88. The number of alkyl halides is 3. The molecule has 6 nitrogen and oxygen atoms in total. The van der Waals surface area contributed by atoms with Gasteiger partial charge in [0.2, 0.25) is 0 Å². The zero-order valence-electron chi connectivity index (χ0n) is 17.2. The molecule has 2 heterocycles. The molecule has 2 saturated heterocycles. The summed E-state index contributed by atoms with van der Waals surface area (Å²) >= 11 is 5.41. The van der Waals surface area contributed by atoms with Crippen molar-refractivity contribution in [2.24, 2.45) is 0 Å². The number of thiocarbonyl (C=S) groups is 1. The van der Waals surface area contributed by atoms with Gasteiger partial charge < -0.3 is 14.7 Å². The number of carbonyl (C=O) groups excluding carboxylic acids is 1. The lowest BCUT2D eigenvalue weighted by molar-refractivity contribution is -0.137. The number of amides is 1. The first-order valence-corrected chi connectivity index (χ1v) is 9.93. The number of ether oxygens (including phenoxy) is 1. The third kappa shape index (κ3) is 3.66. The fraction of sp³-hybridized carbons (Fsp3) is 0.227. The minimum Gasteiger partial charge on any atom is -0.504 e. The lowest BCUT2D eigenvalue weighted by Crippen LogP contribution is -2.44. The van der Waals surface area contributed by atoms with E-state index in [1.807, 2.05) is 0 Å². The lowest BCUT2D eigenvalue weighted by Gasteiger charge is -2.29. The molecular weight excluding hydrogens is 462 g/mol.